The molecule has 0 heterocycles. The Hall–Kier alpha value is -0.840. The van der Waals surface area contributed by atoms with Crippen LogP contribution in [0.15, 0.2) is 30.3 Å². The topological polar surface area (TPSA) is 12.0 Å². The maximum absolute atomic E-state index is 12.7. The molecule has 0 aliphatic heterocycles. The molecule has 0 aliphatic carbocycles. The van der Waals surface area contributed by atoms with Crippen molar-refractivity contribution in [2.24, 2.45) is 0 Å². The minimum Gasteiger partial charge on any atom is -0.366 e. The molecule has 0 unspecified atom stereocenters. The SMILES string of the molecule is CC(C)S[C@@H](Nc1ccccc1)C(F)(F)F. The molecule has 0 fully saturated rings. The second-order valence-corrected chi connectivity index (χ2v) is 5.30. The summed E-state index contributed by atoms with van der Waals surface area (Å²) in [5.41, 5.74) is 0.484. The summed E-state index contributed by atoms with van der Waals surface area (Å²) in [4.78, 5) is 0. The monoisotopic (exact) mass is 249 g/mol. The molecule has 90 valence electrons. The molecule has 1 N–H and O–H groups in total. The van der Waals surface area contributed by atoms with Crippen LogP contribution in [0, 0.1) is 0 Å². The first-order valence-corrected chi connectivity index (χ1v) is 5.87. The summed E-state index contributed by atoms with van der Waals surface area (Å²) < 4.78 is 38.0. The average Bonchev–Trinajstić information content (AvgIpc) is 2.16. The maximum atomic E-state index is 12.7. The largest absolute Gasteiger partial charge is 0.418 e. The highest BCUT2D eigenvalue weighted by atomic mass is 32.2. The van der Waals surface area contributed by atoms with Crippen LogP contribution in [0.4, 0.5) is 18.9 Å². The van der Waals surface area contributed by atoms with Gasteiger partial charge in [0.05, 0.1) is 0 Å². The van der Waals surface area contributed by atoms with Gasteiger partial charge in [0.2, 0.25) is 0 Å². The Kier molecular flexibility index (Phi) is 4.53. The molecule has 0 saturated carbocycles. The van der Waals surface area contributed by atoms with Gasteiger partial charge in [-0.05, 0) is 12.1 Å². The van der Waals surface area contributed by atoms with Crippen LogP contribution in [0.5, 0.6) is 0 Å². The van der Waals surface area contributed by atoms with Crippen LogP contribution in [-0.2, 0) is 0 Å². The van der Waals surface area contributed by atoms with E-state index in [0.29, 0.717) is 5.69 Å². The van der Waals surface area contributed by atoms with E-state index in [1.165, 1.54) is 0 Å². The molecule has 0 saturated heterocycles. The minimum atomic E-state index is -4.25. The molecule has 0 aliphatic rings. The van der Waals surface area contributed by atoms with Gasteiger partial charge in [0.25, 0.3) is 0 Å². The Bertz CT molecular complexity index is 311. The first-order chi connectivity index (χ1) is 7.39. The second kappa shape index (κ2) is 5.48. The van der Waals surface area contributed by atoms with Gasteiger partial charge in [0.15, 0.2) is 5.37 Å². The Morgan fingerprint density at radius 1 is 1.12 bits per heavy atom. The summed E-state index contributed by atoms with van der Waals surface area (Å²) in [6, 6.07) is 8.42. The highest BCUT2D eigenvalue weighted by Crippen LogP contribution is 2.33. The van der Waals surface area contributed by atoms with Crippen molar-refractivity contribution >= 4 is 17.4 Å². The van der Waals surface area contributed by atoms with Crippen LogP contribution >= 0.6 is 11.8 Å². The van der Waals surface area contributed by atoms with Gasteiger partial charge in [-0.25, -0.2) is 0 Å². The molecule has 16 heavy (non-hydrogen) atoms. The van der Waals surface area contributed by atoms with Crippen LogP contribution < -0.4 is 5.32 Å². The van der Waals surface area contributed by atoms with Gasteiger partial charge < -0.3 is 5.32 Å². The highest BCUT2D eigenvalue weighted by molar-refractivity contribution is 8.00. The minimum absolute atomic E-state index is 0.0807. The van der Waals surface area contributed by atoms with Gasteiger partial charge in [-0.15, -0.1) is 11.8 Å². The quantitative estimate of drug-likeness (QED) is 0.805. The number of halogens is 3. The van der Waals surface area contributed by atoms with E-state index >= 15 is 0 Å². The third-order valence-electron chi connectivity index (χ3n) is 1.78. The normalized spacial score (nSPS) is 13.9. The molecule has 0 radical (unpaired) electrons. The third-order valence-corrected chi connectivity index (χ3v) is 2.98. The van der Waals surface area contributed by atoms with Gasteiger partial charge in [-0.1, -0.05) is 32.0 Å². The Labute approximate surface area is 97.4 Å². The number of thioether (sulfide) groups is 1. The number of anilines is 1. The van der Waals surface area contributed by atoms with Crippen molar-refractivity contribution in [3.05, 3.63) is 30.3 Å². The van der Waals surface area contributed by atoms with Crippen molar-refractivity contribution < 1.29 is 13.2 Å². The van der Waals surface area contributed by atoms with Crippen LogP contribution in [0.2, 0.25) is 0 Å². The average molecular weight is 249 g/mol. The van der Waals surface area contributed by atoms with Crippen molar-refractivity contribution in [1.29, 1.82) is 0 Å². The molecular weight excluding hydrogens is 235 g/mol. The molecule has 1 nitrogen and oxygen atoms in total. The molecule has 1 aromatic carbocycles. The second-order valence-electron chi connectivity index (χ2n) is 3.62. The summed E-state index contributed by atoms with van der Waals surface area (Å²) in [5.74, 6) is 0. The van der Waals surface area contributed by atoms with Crippen molar-refractivity contribution in [3.63, 3.8) is 0 Å². The van der Waals surface area contributed by atoms with E-state index in [9.17, 15) is 13.2 Å². The van der Waals surface area contributed by atoms with Gasteiger partial charge in [-0.2, -0.15) is 13.2 Å². The van der Waals surface area contributed by atoms with Crippen molar-refractivity contribution in [2.45, 2.75) is 30.6 Å². The molecule has 0 spiro atoms. The smallest absolute Gasteiger partial charge is 0.366 e. The Balaban J connectivity index is 2.72. The van der Waals surface area contributed by atoms with E-state index in [4.69, 9.17) is 0 Å². The van der Waals surface area contributed by atoms with Gasteiger partial charge >= 0.3 is 6.18 Å². The molecule has 0 aromatic heterocycles. The highest BCUT2D eigenvalue weighted by Gasteiger charge is 2.40. The fourth-order valence-electron chi connectivity index (χ4n) is 1.15. The number of hydrogen-bond acceptors (Lipinski definition) is 2. The van der Waals surface area contributed by atoms with E-state index in [-0.39, 0.29) is 5.25 Å². The lowest BCUT2D eigenvalue weighted by molar-refractivity contribution is -0.123. The molecule has 1 atom stereocenters. The van der Waals surface area contributed by atoms with E-state index in [0.717, 1.165) is 11.8 Å². The summed E-state index contributed by atoms with van der Waals surface area (Å²) in [5, 5.41) is 0.847. The van der Waals surface area contributed by atoms with E-state index < -0.39 is 11.6 Å². The van der Waals surface area contributed by atoms with Gasteiger partial charge in [0, 0.05) is 10.9 Å². The molecule has 1 rings (SSSR count). The Morgan fingerprint density at radius 3 is 2.12 bits per heavy atom. The van der Waals surface area contributed by atoms with Gasteiger partial charge in [0.1, 0.15) is 0 Å². The number of benzene rings is 1. The van der Waals surface area contributed by atoms with E-state index in [1.807, 2.05) is 0 Å². The summed E-state index contributed by atoms with van der Waals surface area (Å²) in [6.45, 7) is 3.49. The number of nitrogens with one attached hydrogen (secondary N) is 1. The van der Waals surface area contributed by atoms with Crippen LogP contribution in [0.3, 0.4) is 0 Å². The van der Waals surface area contributed by atoms with Crippen molar-refractivity contribution in [2.75, 3.05) is 5.32 Å². The van der Waals surface area contributed by atoms with Crippen LogP contribution in [0.1, 0.15) is 13.8 Å². The van der Waals surface area contributed by atoms with Crippen LogP contribution in [0.25, 0.3) is 0 Å². The lowest BCUT2D eigenvalue weighted by atomic mass is 10.3. The van der Waals surface area contributed by atoms with E-state index in [1.54, 1.807) is 44.2 Å². The van der Waals surface area contributed by atoms with Gasteiger partial charge in [-0.3, -0.25) is 0 Å². The molecule has 0 bridgehead atoms. The molecule has 1 aromatic rings. The summed E-state index contributed by atoms with van der Waals surface area (Å²) >= 11 is 0.865. The zero-order valence-electron chi connectivity index (χ0n) is 9.08. The fourth-order valence-corrected chi connectivity index (χ4v) is 2.05. The fraction of sp³-hybridized carbons (Fsp3) is 0.455. The van der Waals surface area contributed by atoms with Crippen molar-refractivity contribution in [3.8, 4) is 0 Å². The maximum Gasteiger partial charge on any atom is 0.418 e. The van der Waals surface area contributed by atoms with Crippen LogP contribution in [-0.4, -0.2) is 16.8 Å². The standard InChI is InChI=1S/C11H14F3NS/c1-8(2)16-10(11(12,13)14)15-9-6-4-3-5-7-9/h3-8,10,15H,1-2H3/t10-/m1/s1. The number of hydrogen-bond donors (Lipinski definition) is 1. The lowest BCUT2D eigenvalue weighted by Gasteiger charge is -2.23. The number of rotatable bonds is 4. The number of alkyl halides is 3. The third kappa shape index (κ3) is 4.35. The summed E-state index contributed by atoms with van der Waals surface area (Å²) in [7, 11) is 0. The number of para-hydroxylation sites is 1. The first-order valence-electron chi connectivity index (χ1n) is 4.93. The zero-order chi connectivity index (χ0) is 12.2. The first kappa shape index (κ1) is 13.2. The molecule has 5 heteroatoms. The lowest BCUT2D eigenvalue weighted by Crippen LogP contribution is -2.34. The molecule has 0 amide bonds. The molecular formula is C11H14F3NS. The predicted octanol–water partition coefficient (Wildman–Crippen LogP) is 4.13. The predicted molar refractivity (Wildman–Crippen MR) is 62.6 cm³/mol. The van der Waals surface area contributed by atoms with E-state index in [2.05, 4.69) is 5.32 Å². The Morgan fingerprint density at radius 2 is 1.69 bits per heavy atom. The summed E-state index contributed by atoms with van der Waals surface area (Å²) in [6.07, 6.45) is -4.25. The van der Waals surface area contributed by atoms with Crippen molar-refractivity contribution in [1.82, 2.24) is 0 Å². The zero-order valence-corrected chi connectivity index (χ0v) is 9.90.